The van der Waals surface area contributed by atoms with E-state index in [9.17, 15) is 4.79 Å². The highest BCUT2D eigenvalue weighted by atomic mass is 32.1. The number of nitrogen functional groups attached to an aromatic ring is 1. The van der Waals surface area contributed by atoms with Crippen molar-refractivity contribution in [3.05, 3.63) is 10.6 Å². The van der Waals surface area contributed by atoms with Gasteiger partial charge < -0.3 is 20.3 Å². The number of carbonyl (C=O) groups is 1. The van der Waals surface area contributed by atoms with Crippen molar-refractivity contribution in [2.75, 3.05) is 32.5 Å². The average Bonchev–Trinajstić information content (AvgIpc) is 3.19. The van der Waals surface area contributed by atoms with Gasteiger partial charge in [-0.15, -0.1) is 11.3 Å². The van der Waals surface area contributed by atoms with Crippen LogP contribution in [-0.2, 0) is 17.6 Å². The van der Waals surface area contributed by atoms with E-state index < -0.39 is 0 Å². The summed E-state index contributed by atoms with van der Waals surface area (Å²) in [7, 11) is 1.47. The molecule has 1 aromatic rings. The number of ether oxygens (including phenoxy) is 1. The van der Waals surface area contributed by atoms with Crippen molar-refractivity contribution in [3.8, 4) is 0 Å². The fourth-order valence-corrected chi connectivity index (χ4v) is 5.05. The number of likely N-dealkylation sites (N-methyl/N-ethyl adjacent to an activating group) is 1. The topological polar surface area (TPSA) is 71.7 Å². The number of methoxy groups -OCH3 is 1. The van der Waals surface area contributed by atoms with E-state index in [0.29, 0.717) is 17.2 Å². The summed E-state index contributed by atoms with van der Waals surface area (Å²) in [5, 5.41) is 0.698. The second-order valence-electron chi connectivity index (χ2n) is 6.70. The largest absolute Gasteiger partial charge is 0.453 e. The molecule has 2 N–H and O–H groups in total. The van der Waals surface area contributed by atoms with Gasteiger partial charge in [0.15, 0.2) is 5.13 Å². The third-order valence-electron chi connectivity index (χ3n) is 5.39. The molecular formula is C17H28N4O2S. The summed E-state index contributed by atoms with van der Waals surface area (Å²) in [5.74, 6) is 0. The molecule has 2 heterocycles. The minimum absolute atomic E-state index is 0.178. The Kier molecular flexibility index (Phi) is 5.61. The second-order valence-corrected chi connectivity index (χ2v) is 7.81. The summed E-state index contributed by atoms with van der Waals surface area (Å²) in [4.78, 5) is 22.1. The SMILES string of the molecule is CCN(CCC1CCCN1C(=O)OC)C1CCc2nc(N)sc2C1. The maximum atomic E-state index is 11.9. The number of thiazole rings is 1. The number of likely N-dealkylation sites (tertiary alicyclic amines) is 1. The molecule has 0 radical (unpaired) electrons. The summed E-state index contributed by atoms with van der Waals surface area (Å²) >= 11 is 1.64. The summed E-state index contributed by atoms with van der Waals surface area (Å²) < 4.78 is 4.91. The van der Waals surface area contributed by atoms with E-state index in [1.807, 2.05) is 4.90 Å². The number of nitrogens with two attached hydrogens (primary N) is 1. The number of fused-ring (bicyclic) bond motifs is 1. The van der Waals surface area contributed by atoms with Crippen molar-refractivity contribution < 1.29 is 9.53 Å². The third kappa shape index (κ3) is 3.67. The first-order valence-corrected chi connectivity index (χ1v) is 9.76. The molecule has 0 spiro atoms. The molecule has 0 bridgehead atoms. The number of nitrogens with zero attached hydrogens (tertiary/aromatic N) is 3. The zero-order valence-corrected chi connectivity index (χ0v) is 15.5. The van der Waals surface area contributed by atoms with Crippen LogP contribution in [-0.4, -0.2) is 59.7 Å². The van der Waals surface area contributed by atoms with Crippen LogP contribution in [0.3, 0.4) is 0 Å². The van der Waals surface area contributed by atoms with Crippen molar-refractivity contribution in [2.24, 2.45) is 0 Å². The Morgan fingerprint density at radius 2 is 2.33 bits per heavy atom. The van der Waals surface area contributed by atoms with E-state index in [0.717, 1.165) is 58.2 Å². The highest BCUT2D eigenvalue weighted by Crippen LogP contribution is 2.30. The quantitative estimate of drug-likeness (QED) is 0.882. The smallest absolute Gasteiger partial charge is 0.409 e. The van der Waals surface area contributed by atoms with Gasteiger partial charge in [0.05, 0.1) is 12.8 Å². The van der Waals surface area contributed by atoms with Crippen molar-refractivity contribution in [1.82, 2.24) is 14.8 Å². The van der Waals surface area contributed by atoms with Crippen LogP contribution in [0.5, 0.6) is 0 Å². The molecule has 24 heavy (non-hydrogen) atoms. The van der Waals surface area contributed by atoms with Crippen molar-refractivity contribution >= 4 is 22.6 Å². The van der Waals surface area contributed by atoms with Gasteiger partial charge in [-0.1, -0.05) is 6.92 Å². The first-order valence-electron chi connectivity index (χ1n) is 8.95. The number of rotatable bonds is 5. The maximum Gasteiger partial charge on any atom is 0.409 e. The minimum atomic E-state index is -0.178. The van der Waals surface area contributed by atoms with Crippen LogP contribution in [0.2, 0.25) is 0 Å². The van der Waals surface area contributed by atoms with Gasteiger partial charge in [-0.2, -0.15) is 0 Å². The Morgan fingerprint density at radius 3 is 3.08 bits per heavy atom. The summed E-state index contributed by atoms with van der Waals surface area (Å²) in [5.41, 5.74) is 7.06. The summed E-state index contributed by atoms with van der Waals surface area (Å²) in [6.07, 6.45) is 6.26. The molecule has 1 aromatic heterocycles. The predicted molar refractivity (Wildman–Crippen MR) is 96.3 cm³/mol. The lowest BCUT2D eigenvalue weighted by molar-refractivity contribution is 0.110. The van der Waals surface area contributed by atoms with Crippen molar-refractivity contribution in [1.29, 1.82) is 0 Å². The fraction of sp³-hybridized carbons (Fsp3) is 0.765. The summed E-state index contributed by atoms with van der Waals surface area (Å²) in [6.45, 7) is 5.13. The molecule has 6 nitrogen and oxygen atoms in total. The van der Waals surface area contributed by atoms with E-state index in [1.165, 1.54) is 17.7 Å². The lowest BCUT2D eigenvalue weighted by Crippen LogP contribution is -2.42. The maximum absolute atomic E-state index is 11.9. The zero-order valence-electron chi connectivity index (χ0n) is 14.7. The number of carbonyl (C=O) groups excluding carboxylic acids is 1. The Hall–Kier alpha value is -1.34. The highest BCUT2D eigenvalue weighted by Gasteiger charge is 2.31. The van der Waals surface area contributed by atoms with Crippen LogP contribution in [0.15, 0.2) is 0 Å². The molecule has 2 atom stereocenters. The number of hydrogen-bond donors (Lipinski definition) is 1. The first-order chi connectivity index (χ1) is 11.6. The predicted octanol–water partition coefficient (Wildman–Crippen LogP) is 2.53. The lowest BCUT2D eigenvalue weighted by atomic mass is 9.95. The van der Waals surface area contributed by atoms with E-state index >= 15 is 0 Å². The molecule has 134 valence electrons. The molecule has 7 heteroatoms. The molecule has 3 rings (SSSR count). The molecule has 2 unspecified atom stereocenters. The lowest BCUT2D eigenvalue weighted by Gasteiger charge is -2.34. The third-order valence-corrected chi connectivity index (χ3v) is 6.34. The summed E-state index contributed by atoms with van der Waals surface area (Å²) in [6, 6.07) is 0.889. The molecule has 1 aliphatic heterocycles. The van der Waals surface area contributed by atoms with Crippen LogP contribution in [0.4, 0.5) is 9.93 Å². The van der Waals surface area contributed by atoms with Gasteiger partial charge in [-0.05, 0) is 45.1 Å². The molecular weight excluding hydrogens is 324 g/mol. The van der Waals surface area contributed by atoms with Gasteiger partial charge in [0.1, 0.15) is 0 Å². The van der Waals surface area contributed by atoms with Gasteiger partial charge in [-0.3, -0.25) is 0 Å². The van der Waals surface area contributed by atoms with Crippen molar-refractivity contribution in [3.63, 3.8) is 0 Å². The molecule has 1 amide bonds. The average molecular weight is 353 g/mol. The molecule has 0 aromatic carbocycles. The zero-order chi connectivity index (χ0) is 17.1. The highest BCUT2D eigenvalue weighted by molar-refractivity contribution is 7.15. The van der Waals surface area contributed by atoms with Crippen LogP contribution >= 0.6 is 11.3 Å². The second kappa shape index (κ2) is 7.70. The number of anilines is 1. The molecule has 1 fully saturated rings. The monoisotopic (exact) mass is 352 g/mol. The number of hydrogen-bond acceptors (Lipinski definition) is 6. The van der Waals surface area contributed by atoms with E-state index in [-0.39, 0.29) is 6.09 Å². The molecule has 2 aliphatic rings. The normalized spacial score (nSPS) is 23.5. The molecule has 1 aliphatic carbocycles. The van der Waals surface area contributed by atoms with Crippen LogP contribution in [0, 0.1) is 0 Å². The van der Waals surface area contributed by atoms with E-state index in [1.54, 1.807) is 11.3 Å². The Balaban J connectivity index is 1.56. The molecule has 0 saturated carbocycles. The Bertz CT molecular complexity index is 577. The minimum Gasteiger partial charge on any atom is -0.453 e. The first kappa shape index (κ1) is 17.5. The van der Waals surface area contributed by atoms with Crippen molar-refractivity contribution in [2.45, 2.75) is 57.5 Å². The van der Waals surface area contributed by atoms with Crippen LogP contribution < -0.4 is 5.73 Å². The Labute approximate surface area is 148 Å². The standard InChI is InChI=1S/C17H28N4O2S/c1-3-20(10-8-12-5-4-9-21(12)17(22)23-2)13-6-7-14-15(11-13)24-16(18)19-14/h12-13H,3-11H2,1-2H3,(H2,18,19). The number of aromatic nitrogens is 1. The van der Waals surface area contributed by atoms with Gasteiger partial charge in [0.2, 0.25) is 0 Å². The van der Waals surface area contributed by atoms with Gasteiger partial charge in [0, 0.05) is 30.1 Å². The van der Waals surface area contributed by atoms with Gasteiger partial charge >= 0.3 is 6.09 Å². The Morgan fingerprint density at radius 1 is 1.50 bits per heavy atom. The van der Waals surface area contributed by atoms with E-state index in [4.69, 9.17) is 10.5 Å². The van der Waals surface area contributed by atoms with Gasteiger partial charge in [0.25, 0.3) is 0 Å². The fourth-order valence-electron chi connectivity index (χ4n) is 4.10. The van der Waals surface area contributed by atoms with Gasteiger partial charge in [-0.25, -0.2) is 9.78 Å². The molecule has 1 saturated heterocycles. The number of amides is 1. The number of aryl methyl sites for hydroxylation is 1. The van der Waals surface area contributed by atoms with E-state index in [2.05, 4.69) is 16.8 Å². The van der Waals surface area contributed by atoms with Crippen LogP contribution in [0.1, 0.15) is 43.2 Å². The van der Waals surface area contributed by atoms with Crippen LogP contribution in [0.25, 0.3) is 0 Å².